The Labute approximate surface area is 220 Å². The van der Waals surface area contributed by atoms with Gasteiger partial charge in [-0.15, -0.1) is 0 Å². The highest BCUT2D eigenvalue weighted by atomic mass is 35.5. The molecule has 0 bridgehead atoms. The lowest BCUT2D eigenvalue weighted by Gasteiger charge is -2.38. The van der Waals surface area contributed by atoms with Crippen LogP contribution in [0.15, 0.2) is 58.4 Å². The number of amides is 1. The molecule has 11 nitrogen and oxygen atoms in total. The number of benzene rings is 2. The Morgan fingerprint density at radius 3 is 2.41 bits per heavy atom. The van der Waals surface area contributed by atoms with E-state index in [9.17, 15) is 23.1 Å². The van der Waals surface area contributed by atoms with Gasteiger partial charge in [0.15, 0.2) is 5.96 Å². The molecule has 0 spiro atoms. The number of aliphatic imine (C=N–C) groups is 1. The molecular formula is C24H29ClN6O5S. The quantitative estimate of drug-likeness (QED) is 0.382. The summed E-state index contributed by atoms with van der Waals surface area (Å²) in [7, 11) is -4.08. The van der Waals surface area contributed by atoms with Gasteiger partial charge in [0, 0.05) is 51.5 Å². The number of carbonyl (C=O) groups excluding carboxylic acids is 1. The Kier molecular flexibility index (Phi) is 8.52. The smallest absolute Gasteiger partial charge is 0.323 e. The first-order valence-corrected chi connectivity index (χ1v) is 13.8. The number of piperazine rings is 1. The maximum Gasteiger partial charge on any atom is 0.323 e. The summed E-state index contributed by atoms with van der Waals surface area (Å²) in [5, 5.41) is 15.5. The van der Waals surface area contributed by atoms with Gasteiger partial charge in [0.1, 0.15) is 6.04 Å². The van der Waals surface area contributed by atoms with E-state index in [2.05, 4.69) is 30.1 Å². The fourth-order valence-electron chi connectivity index (χ4n) is 4.12. The fraction of sp³-hybridized carbons (Fsp3) is 0.375. The number of rotatable bonds is 8. The monoisotopic (exact) mass is 548 g/mol. The van der Waals surface area contributed by atoms with Crippen LogP contribution in [0.4, 0.5) is 5.69 Å². The zero-order valence-corrected chi connectivity index (χ0v) is 21.6. The van der Waals surface area contributed by atoms with Crippen LogP contribution in [0.2, 0.25) is 5.02 Å². The number of aliphatic carboxylic acids is 1. The Morgan fingerprint density at radius 2 is 1.78 bits per heavy atom. The number of carbonyl (C=O) groups is 2. The van der Waals surface area contributed by atoms with Crippen molar-refractivity contribution in [1.82, 2.24) is 20.3 Å². The van der Waals surface area contributed by atoms with Gasteiger partial charge >= 0.3 is 5.97 Å². The highest BCUT2D eigenvalue weighted by Gasteiger charge is 2.27. The van der Waals surface area contributed by atoms with Gasteiger partial charge in [-0.2, -0.15) is 4.72 Å². The second kappa shape index (κ2) is 11.8. The Balaban J connectivity index is 1.34. The van der Waals surface area contributed by atoms with Gasteiger partial charge in [-0.05, 0) is 36.8 Å². The zero-order chi connectivity index (χ0) is 26.4. The molecule has 1 saturated heterocycles. The molecule has 2 aromatic carbocycles. The second-order valence-electron chi connectivity index (χ2n) is 8.66. The lowest BCUT2D eigenvalue weighted by Crippen LogP contribution is -2.53. The number of halogens is 1. The first kappa shape index (κ1) is 26.7. The standard InChI is InChI=1S/C24H29ClN6O5S/c25-20-15-17(30-11-13-31(14-12-30)24-26-9-4-10-27-24)7-8-19(20)22(32)28-16-21(23(33)34)29-37(35,36)18-5-2-1-3-6-18/h1-3,5-8,15,21,29H,4,9-14,16H2,(H,26,27)(H,28,32)(H,33,34)/t21-/m0/s1. The zero-order valence-electron chi connectivity index (χ0n) is 20.1. The maximum absolute atomic E-state index is 12.7. The number of carboxylic acids is 1. The van der Waals surface area contributed by atoms with Crippen LogP contribution in [0.5, 0.6) is 0 Å². The summed E-state index contributed by atoms with van der Waals surface area (Å²) in [5.41, 5.74) is 1.04. The topological polar surface area (TPSA) is 143 Å². The predicted molar refractivity (Wildman–Crippen MR) is 141 cm³/mol. The van der Waals surface area contributed by atoms with Crippen molar-refractivity contribution in [3.05, 3.63) is 59.1 Å². The van der Waals surface area contributed by atoms with Gasteiger partial charge in [-0.3, -0.25) is 14.6 Å². The van der Waals surface area contributed by atoms with Crippen LogP contribution < -0.4 is 20.3 Å². The van der Waals surface area contributed by atoms with Gasteiger partial charge in [-0.25, -0.2) is 8.42 Å². The van der Waals surface area contributed by atoms with Crippen molar-refractivity contribution in [3.63, 3.8) is 0 Å². The Bertz CT molecular complexity index is 1270. The lowest BCUT2D eigenvalue weighted by atomic mass is 10.1. The number of nitrogens with zero attached hydrogens (tertiary/aromatic N) is 3. The number of anilines is 1. The molecule has 4 N–H and O–H groups in total. The first-order chi connectivity index (χ1) is 17.7. The number of guanidine groups is 1. The highest BCUT2D eigenvalue weighted by molar-refractivity contribution is 7.89. The fourth-order valence-corrected chi connectivity index (χ4v) is 5.59. The van der Waals surface area contributed by atoms with Gasteiger partial charge in [0.2, 0.25) is 10.0 Å². The van der Waals surface area contributed by atoms with Crippen molar-refractivity contribution in [2.75, 3.05) is 50.7 Å². The molecule has 0 radical (unpaired) electrons. The van der Waals surface area contributed by atoms with E-state index in [0.29, 0.717) is 0 Å². The maximum atomic E-state index is 12.7. The van der Waals surface area contributed by atoms with E-state index in [0.717, 1.165) is 57.3 Å². The molecule has 37 heavy (non-hydrogen) atoms. The average Bonchev–Trinajstić information content (AvgIpc) is 2.91. The van der Waals surface area contributed by atoms with Gasteiger partial charge in [0.25, 0.3) is 5.91 Å². The first-order valence-electron chi connectivity index (χ1n) is 11.9. The average molecular weight is 549 g/mol. The minimum Gasteiger partial charge on any atom is -0.480 e. The van der Waals surface area contributed by atoms with Crippen LogP contribution in [-0.2, 0) is 14.8 Å². The van der Waals surface area contributed by atoms with E-state index in [1.807, 2.05) is 0 Å². The number of hydrogen-bond acceptors (Lipinski definition) is 8. The van der Waals surface area contributed by atoms with Crippen molar-refractivity contribution < 1.29 is 23.1 Å². The van der Waals surface area contributed by atoms with Crippen molar-refractivity contribution in [1.29, 1.82) is 0 Å². The molecule has 0 aliphatic carbocycles. The SMILES string of the molecule is O=C(NC[C@H](NS(=O)(=O)c1ccccc1)C(=O)O)c1ccc(N2CCN(C3=NCCCN3)CC2)cc1Cl. The molecule has 13 heteroatoms. The third kappa shape index (κ3) is 6.70. The molecule has 0 unspecified atom stereocenters. The molecule has 198 valence electrons. The van der Waals surface area contributed by atoms with E-state index in [1.54, 1.807) is 24.3 Å². The molecule has 2 aromatic rings. The van der Waals surface area contributed by atoms with Crippen LogP contribution in [0.25, 0.3) is 0 Å². The summed E-state index contributed by atoms with van der Waals surface area (Å²) in [6.07, 6.45) is 1.04. The largest absolute Gasteiger partial charge is 0.480 e. The van der Waals surface area contributed by atoms with E-state index in [4.69, 9.17) is 11.6 Å². The Morgan fingerprint density at radius 1 is 1.08 bits per heavy atom. The molecule has 2 aliphatic heterocycles. The van der Waals surface area contributed by atoms with E-state index in [-0.39, 0.29) is 15.5 Å². The van der Waals surface area contributed by atoms with Gasteiger partial charge < -0.3 is 25.5 Å². The molecule has 1 amide bonds. The number of sulfonamides is 1. The minimum atomic E-state index is -4.08. The summed E-state index contributed by atoms with van der Waals surface area (Å²) in [4.78, 5) is 33.2. The molecular weight excluding hydrogens is 520 g/mol. The van der Waals surface area contributed by atoms with Crippen molar-refractivity contribution in [3.8, 4) is 0 Å². The molecule has 1 fully saturated rings. The third-order valence-electron chi connectivity index (χ3n) is 6.14. The number of hydrogen-bond donors (Lipinski definition) is 4. The summed E-state index contributed by atoms with van der Waals surface area (Å²) in [6.45, 7) is 4.47. The van der Waals surface area contributed by atoms with Gasteiger partial charge in [-0.1, -0.05) is 29.8 Å². The van der Waals surface area contributed by atoms with E-state index >= 15 is 0 Å². The van der Waals surface area contributed by atoms with Crippen LogP contribution in [-0.4, -0.2) is 88.1 Å². The normalized spacial score (nSPS) is 16.9. The highest BCUT2D eigenvalue weighted by Crippen LogP contribution is 2.25. The summed E-state index contributed by atoms with van der Waals surface area (Å²) >= 11 is 6.40. The second-order valence-corrected chi connectivity index (χ2v) is 10.8. The van der Waals surface area contributed by atoms with Crippen LogP contribution in [0.3, 0.4) is 0 Å². The van der Waals surface area contributed by atoms with Crippen molar-refractivity contribution in [2.45, 2.75) is 17.4 Å². The molecule has 2 heterocycles. The minimum absolute atomic E-state index is 0.0740. The summed E-state index contributed by atoms with van der Waals surface area (Å²) in [5.74, 6) is -1.08. The predicted octanol–water partition coefficient (Wildman–Crippen LogP) is 0.973. The van der Waals surface area contributed by atoms with Crippen LogP contribution >= 0.6 is 11.6 Å². The van der Waals surface area contributed by atoms with Crippen LogP contribution in [0, 0.1) is 0 Å². The molecule has 1 atom stereocenters. The third-order valence-corrected chi connectivity index (χ3v) is 7.94. The van der Waals surface area contributed by atoms with Crippen LogP contribution in [0.1, 0.15) is 16.8 Å². The Hall–Kier alpha value is -3.35. The molecule has 0 aromatic heterocycles. The molecule has 4 rings (SSSR count). The van der Waals surface area contributed by atoms with E-state index < -0.39 is 34.5 Å². The van der Waals surface area contributed by atoms with Gasteiger partial charge in [0.05, 0.1) is 15.5 Å². The molecule has 0 saturated carbocycles. The molecule has 2 aliphatic rings. The van der Waals surface area contributed by atoms with Crippen molar-refractivity contribution in [2.24, 2.45) is 4.99 Å². The summed E-state index contributed by atoms with van der Waals surface area (Å²) in [6, 6.07) is 10.9. The van der Waals surface area contributed by atoms with E-state index in [1.165, 1.54) is 24.3 Å². The number of carboxylic acid groups (broad SMARTS) is 1. The van der Waals surface area contributed by atoms with Crippen molar-refractivity contribution >= 4 is 45.1 Å². The summed E-state index contributed by atoms with van der Waals surface area (Å²) < 4.78 is 27.1. The number of nitrogens with one attached hydrogen (secondary N) is 3. The lowest BCUT2D eigenvalue weighted by molar-refractivity contribution is -0.138.